The molecule has 2 aliphatic rings. The van der Waals surface area contributed by atoms with Crippen LogP contribution in [0.25, 0.3) is 0 Å². The standard InChI is InChI=1S/C21H30N2O3/c1-3-17(4-2)23-13-11-16(12-14-23)15-5-7-18(8-6-15)26-19-9-10-20(24)22-21(19)25/h5-8,16-17,19H,3-4,9-14H2,1-2H3,(H,22,24,25). The highest BCUT2D eigenvalue weighted by Crippen LogP contribution is 2.31. The molecule has 1 aromatic rings. The van der Waals surface area contributed by atoms with Crippen LogP contribution in [-0.4, -0.2) is 41.9 Å². The molecule has 0 bridgehead atoms. The first-order valence-corrected chi connectivity index (χ1v) is 9.95. The lowest BCUT2D eigenvalue weighted by Gasteiger charge is -2.37. The molecule has 142 valence electrons. The summed E-state index contributed by atoms with van der Waals surface area (Å²) in [6.45, 7) is 6.90. The molecule has 2 amide bonds. The molecule has 26 heavy (non-hydrogen) atoms. The third-order valence-electron chi connectivity index (χ3n) is 5.81. The molecule has 1 unspecified atom stereocenters. The van der Waals surface area contributed by atoms with Crippen LogP contribution in [0, 0.1) is 0 Å². The second-order valence-electron chi connectivity index (χ2n) is 7.41. The summed E-state index contributed by atoms with van der Waals surface area (Å²) in [5, 5.41) is 2.33. The normalized spacial score (nSPS) is 22.5. The quantitative estimate of drug-likeness (QED) is 0.793. The largest absolute Gasteiger partial charge is 0.481 e. The van der Waals surface area contributed by atoms with E-state index in [1.54, 1.807) is 0 Å². The second kappa shape index (κ2) is 8.67. The summed E-state index contributed by atoms with van der Waals surface area (Å²) in [4.78, 5) is 25.6. The third kappa shape index (κ3) is 4.44. The lowest BCUT2D eigenvalue weighted by Crippen LogP contribution is -2.46. The van der Waals surface area contributed by atoms with Gasteiger partial charge in [0.2, 0.25) is 5.91 Å². The van der Waals surface area contributed by atoms with Crippen molar-refractivity contribution in [2.75, 3.05) is 13.1 Å². The lowest BCUT2D eigenvalue weighted by molar-refractivity contribution is -0.138. The van der Waals surface area contributed by atoms with Gasteiger partial charge in [0.05, 0.1) is 0 Å². The number of hydrogen-bond donors (Lipinski definition) is 1. The molecule has 0 aromatic heterocycles. The summed E-state index contributed by atoms with van der Waals surface area (Å²) < 4.78 is 5.76. The van der Waals surface area contributed by atoms with Crippen molar-refractivity contribution in [2.45, 2.75) is 70.4 Å². The number of piperidine rings is 2. The molecular formula is C21H30N2O3. The number of benzene rings is 1. The predicted octanol–water partition coefficient (Wildman–Crippen LogP) is 3.24. The average molecular weight is 358 g/mol. The van der Waals surface area contributed by atoms with E-state index in [9.17, 15) is 9.59 Å². The van der Waals surface area contributed by atoms with E-state index < -0.39 is 6.10 Å². The average Bonchev–Trinajstić information content (AvgIpc) is 2.66. The summed E-state index contributed by atoms with van der Waals surface area (Å²) >= 11 is 0. The van der Waals surface area contributed by atoms with Crippen LogP contribution < -0.4 is 10.1 Å². The van der Waals surface area contributed by atoms with Gasteiger partial charge in [0.25, 0.3) is 5.91 Å². The number of nitrogens with zero attached hydrogens (tertiary/aromatic N) is 1. The van der Waals surface area contributed by atoms with Crippen molar-refractivity contribution >= 4 is 11.8 Å². The van der Waals surface area contributed by atoms with Gasteiger partial charge in [-0.2, -0.15) is 0 Å². The van der Waals surface area contributed by atoms with Crippen molar-refractivity contribution in [2.24, 2.45) is 0 Å². The van der Waals surface area contributed by atoms with Crippen molar-refractivity contribution in [3.63, 3.8) is 0 Å². The van der Waals surface area contributed by atoms with E-state index in [1.807, 2.05) is 12.1 Å². The SMILES string of the molecule is CCC(CC)N1CCC(c2ccc(OC3CCC(=O)NC3=O)cc2)CC1. The van der Waals surface area contributed by atoms with Crippen molar-refractivity contribution in [1.29, 1.82) is 0 Å². The van der Waals surface area contributed by atoms with Gasteiger partial charge in [0.1, 0.15) is 5.75 Å². The minimum Gasteiger partial charge on any atom is -0.481 e. The number of hydrogen-bond acceptors (Lipinski definition) is 4. The minimum atomic E-state index is -0.568. The lowest BCUT2D eigenvalue weighted by atomic mass is 9.88. The molecule has 0 radical (unpaired) electrons. The maximum Gasteiger partial charge on any atom is 0.267 e. The van der Waals surface area contributed by atoms with Crippen molar-refractivity contribution < 1.29 is 14.3 Å². The predicted molar refractivity (Wildman–Crippen MR) is 101 cm³/mol. The van der Waals surface area contributed by atoms with E-state index in [0.29, 0.717) is 24.5 Å². The smallest absolute Gasteiger partial charge is 0.267 e. The fourth-order valence-electron chi connectivity index (χ4n) is 4.17. The molecule has 2 heterocycles. The van der Waals surface area contributed by atoms with Crippen LogP contribution in [0.1, 0.15) is 63.9 Å². The molecule has 2 aliphatic heterocycles. The van der Waals surface area contributed by atoms with Crippen molar-refractivity contribution in [3.05, 3.63) is 29.8 Å². The highest BCUT2D eigenvalue weighted by Gasteiger charge is 2.28. The molecule has 3 rings (SSSR count). The maximum absolute atomic E-state index is 11.8. The Labute approximate surface area is 156 Å². The van der Waals surface area contributed by atoms with Gasteiger partial charge in [-0.15, -0.1) is 0 Å². The van der Waals surface area contributed by atoms with E-state index >= 15 is 0 Å². The number of imide groups is 1. The van der Waals surface area contributed by atoms with Gasteiger partial charge in [0, 0.05) is 18.9 Å². The Morgan fingerprint density at radius 2 is 1.73 bits per heavy atom. The number of likely N-dealkylation sites (tertiary alicyclic amines) is 1. The first-order valence-electron chi connectivity index (χ1n) is 9.95. The molecular weight excluding hydrogens is 328 g/mol. The molecule has 2 fully saturated rings. The third-order valence-corrected chi connectivity index (χ3v) is 5.81. The monoisotopic (exact) mass is 358 g/mol. The van der Waals surface area contributed by atoms with E-state index in [0.717, 1.165) is 6.04 Å². The van der Waals surface area contributed by atoms with Gasteiger partial charge >= 0.3 is 0 Å². The summed E-state index contributed by atoms with van der Waals surface area (Å²) in [6, 6.07) is 8.87. The highest BCUT2D eigenvalue weighted by atomic mass is 16.5. The Hall–Kier alpha value is -1.88. The number of ether oxygens (including phenoxy) is 1. The molecule has 1 aromatic carbocycles. The number of nitrogens with one attached hydrogen (secondary N) is 1. The van der Waals surface area contributed by atoms with Crippen LogP contribution in [0.3, 0.4) is 0 Å². The summed E-state index contributed by atoms with van der Waals surface area (Å²) in [7, 11) is 0. The first-order chi connectivity index (χ1) is 12.6. The zero-order valence-electron chi connectivity index (χ0n) is 15.9. The molecule has 0 spiro atoms. The highest BCUT2D eigenvalue weighted by molar-refractivity contribution is 5.99. The van der Waals surface area contributed by atoms with E-state index in [2.05, 4.69) is 36.2 Å². The van der Waals surface area contributed by atoms with Gasteiger partial charge in [-0.1, -0.05) is 26.0 Å². The van der Waals surface area contributed by atoms with Crippen LogP contribution in [0.5, 0.6) is 5.75 Å². The fraction of sp³-hybridized carbons (Fsp3) is 0.619. The zero-order valence-corrected chi connectivity index (χ0v) is 15.9. The van der Waals surface area contributed by atoms with Crippen LogP contribution in [-0.2, 0) is 9.59 Å². The maximum atomic E-state index is 11.8. The Bertz CT molecular complexity index is 617. The van der Waals surface area contributed by atoms with Gasteiger partial charge in [-0.25, -0.2) is 0 Å². The van der Waals surface area contributed by atoms with Crippen molar-refractivity contribution in [1.82, 2.24) is 10.2 Å². The zero-order chi connectivity index (χ0) is 18.5. The molecule has 1 atom stereocenters. The molecule has 5 nitrogen and oxygen atoms in total. The van der Waals surface area contributed by atoms with Crippen LogP contribution in [0.15, 0.2) is 24.3 Å². The van der Waals surface area contributed by atoms with Crippen LogP contribution in [0.2, 0.25) is 0 Å². The Balaban J connectivity index is 1.53. The number of carbonyl (C=O) groups is 2. The van der Waals surface area contributed by atoms with Crippen molar-refractivity contribution in [3.8, 4) is 5.75 Å². The Kier molecular flexibility index (Phi) is 6.30. The Morgan fingerprint density at radius 3 is 2.31 bits per heavy atom. The van der Waals surface area contributed by atoms with Crippen LogP contribution >= 0.6 is 0 Å². The summed E-state index contributed by atoms with van der Waals surface area (Å²) in [6.07, 6.45) is 5.07. The minimum absolute atomic E-state index is 0.218. The number of amides is 2. The second-order valence-corrected chi connectivity index (χ2v) is 7.41. The molecule has 1 N–H and O–H groups in total. The van der Waals surface area contributed by atoms with Gasteiger partial charge in [-0.3, -0.25) is 14.9 Å². The van der Waals surface area contributed by atoms with E-state index in [-0.39, 0.29) is 11.8 Å². The van der Waals surface area contributed by atoms with Gasteiger partial charge in [-0.05, 0) is 62.4 Å². The van der Waals surface area contributed by atoms with E-state index in [1.165, 1.54) is 44.3 Å². The topological polar surface area (TPSA) is 58.6 Å². The molecule has 0 saturated carbocycles. The van der Waals surface area contributed by atoms with Crippen LogP contribution in [0.4, 0.5) is 0 Å². The van der Waals surface area contributed by atoms with Gasteiger partial charge < -0.3 is 9.64 Å². The summed E-state index contributed by atoms with van der Waals surface area (Å²) in [5.41, 5.74) is 1.35. The molecule has 0 aliphatic carbocycles. The molecule has 2 saturated heterocycles. The van der Waals surface area contributed by atoms with Gasteiger partial charge in [0.15, 0.2) is 6.10 Å². The van der Waals surface area contributed by atoms with E-state index in [4.69, 9.17) is 4.74 Å². The summed E-state index contributed by atoms with van der Waals surface area (Å²) in [5.74, 6) is 0.743. The number of rotatable bonds is 6. The first kappa shape index (κ1) is 18.9. The molecule has 5 heteroatoms. The Morgan fingerprint density at radius 1 is 1.08 bits per heavy atom. The fourth-order valence-corrected chi connectivity index (χ4v) is 4.17. The number of carbonyl (C=O) groups excluding carboxylic acids is 2.